The highest BCUT2D eigenvalue weighted by Gasteiger charge is 2.41. The van der Waals surface area contributed by atoms with Gasteiger partial charge in [-0.3, -0.25) is 4.79 Å². The van der Waals surface area contributed by atoms with Crippen LogP contribution in [0.15, 0.2) is 65.3 Å². The number of Topliss-reactive ketones (excluding diaryl/α,β-unsaturated/α-hetero) is 1. The maximum atomic E-state index is 13.1. The van der Waals surface area contributed by atoms with Crippen LogP contribution in [0.4, 0.5) is 13.2 Å². The largest absolute Gasteiger partial charge is 0.496 e. The lowest BCUT2D eigenvalue weighted by Crippen LogP contribution is -2.31. The third-order valence-corrected chi connectivity index (χ3v) is 6.17. The molecular weight excluding hydrogens is 491 g/mol. The molecule has 196 valence electrons. The van der Waals surface area contributed by atoms with E-state index in [1.807, 2.05) is 0 Å². The molecule has 1 unspecified atom stereocenters. The van der Waals surface area contributed by atoms with Crippen LogP contribution >= 0.6 is 0 Å². The first-order chi connectivity index (χ1) is 17.6. The minimum Gasteiger partial charge on any atom is -0.496 e. The van der Waals surface area contributed by atoms with Crippen molar-refractivity contribution in [3.63, 3.8) is 0 Å². The van der Waals surface area contributed by atoms with Crippen LogP contribution in [-0.4, -0.2) is 25.5 Å². The first-order valence-electron chi connectivity index (χ1n) is 11.7. The number of halogens is 3. The Morgan fingerprint density at radius 3 is 2.65 bits per heavy atom. The van der Waals surface area contributed by atoms with Gasteiger partial charge in [0.25, 0.3) is 0 Å². The molecule has 37 heavy (non-hydrogen) atoms. The van der Waals surface area contributed by atoms with Crippen molar-refractivity contribution in [1.82, 2.24) is 0 Å². The van der Waals surface area contributed by atoms with Crippen molar-refractivity contribution in [3.8, 4) is 11.5 Å². The van der Waals surface area contributed by atoms with Gasteiger partial charge in [-0.05, 0) is 49.2 Å². The Morgan fingerprint density at radius 1 is 1.16 bits per heavy atom. The Balaban J connectivity index is 1.73. The second-order valence-corrected chi connectivity index (χ2v) is 8.53. The van der Waals surface area contributed by atoms with E-state index >= 15 is 0 Å². The van der Waals surface area contributed by atoms with Gasteiger partial charge in [0.1, 0.15) is 29.4 Å². The van der Waals surface area contributed by atoms with Gasteiger partial charge in [0, 0.05) is 24.0 Å². The van der Waals surface area contributed by atoms with Crippen molar-refractivity contribution in [2.75, 3.05) is 13.7 Å². The van der Waals surface area contributed by atoms with Crippen molar-refractivity contribution < 1.29 is 41.7 Å². The summed E-state index contributed by atoms with van der Waals surface area (Å²) in [5.41, 5.74) is 6.71. The van der Waals surface area contributed by atoms with Crippen LogP contribution in [0.3, 0.4) is 0 Å². The van der Waals surface area contributed by atoms with E-state index in [4.69, 9.17) is 24.7 Å². The summed E-state index contributed by atoms with van der Waals surface area (Å²) in [5, 5.41) is 0. The van der Waals surface area contributed by atoms with E-state index in [1.54, 1.807) is 25.1 Å². The van der Waals surface area contributed by atoms with Gasteiger partial charge in [-0.25, -0.2) is 4.79 Å². The summed E-state index contributed by atoms with van der Waals surface area (Å²) in [4.78, 5) is 25.9. The average Bonchev–Trinajstić information content (AvgIpc) is 2.86. The molecule has 1 aliphatic carbocycles. The maximum absolute atomic E-state index is 13.1. The van der Waals surface area contributed by atoms with Crippen LogP contribution in [0, 0.1) is 0 Å². The van der Waals surface area contributed by atoms with Gasteiger partial charge >= 0.3 is 12.1 Å². The van der Waals surface area contributed by atoms with Gasteiger partial charge in [0.2, 0.25) is 5.88 Å². The highest BCUT2D eigenvalue weighted by Crippen LogP contribution is 2.45. The Bertz CT molecular complexity index is 1280. The van der Waals surface area contributed by atoms with E-state index < -0.39 is 23.6 Å². The number of hydrogen-bond acceptors (Lipinski definition) is 7. The summed E-state index contributed by atoms with van der Waals surface area (Å²) < 4.78 is 61.3. The number of ketones is 1. The Hall–Kier alpha value is -3.95. The molecule has 1 aliphatic heterocycles. The van der Waals surface area contributed by atoms with Crippen LogP contribution in [-0.2, 0) is 31.8 Å². The number of ether oxygens (including phenoxy) is 4. The molecule has 0 bridgehead atoms. The standard InChI is InChI=1S/C27H26F3NO6/c1-3-35-26(33)24-22(23-19(32)8-5-9-21(23)37-25(24)31)15-10-11-20(34-2)16(12-15)14-36-18-7-4-6-17(13-18)27(28,29)30/h4,6-7,10-13,22H,3,5,8-9,14,31H2,1-2H3. The number of nitrogens with two attached hydrogens (primary N) is 1. The number of benzene rings is 2. The van der Waals surface area contributed by atoms with Gasteiger partial charge in [-0.15, -0.1) is 0 Å². The molecule has 4 rings (SSSR count). The number of allylic oxidation sites excluding steroid dienone is 2. The zero-order valence-corrected chi connectivity index (χ0v) is 20.3. The summed E-state index contributed by atoms with van der Waals surface area (Å²) in [6.07, 6.45) is -3.11. The third kappa shape index (κ3) is 5.42. The van der Waals surface area contributed by atoms with E-state index in [2.05, 4.69) is 0 Å². The summed E-state index contributed by atoms with van der Waals surface area (Å²) in [6, 6.07) is 9.57. The predicted molar refractivity (Wildman–Crippen MR) is 126 cm³/mol. The van der Waals surface area contributed by atoms with E-state index in [0.717, 1.165) is 12.1 Å². The minimum absolute atomic E-state index is 0.0192. The van der Waals surface area contributed by atoms with Crippen LogP contribution < -0.4 is 15.2 Å². The number of rotatable bonds is 7. The fourth-order valence-corrected chi connectivity index (χ4v) is 4.51. The molecule has 2 aromatic carbocycles. The second-order valence-electron chi connectivity index (χ2n) is 8.53. The lowest BCUT2D eigenvalue weighted by atomic mass is 9.77. The molecule has 0 aromatic heterocycles. The quantitative estimate of drug-likeness (QED) is 0.508. The highest BCUT2D eigenvalue weighted by atomic mass is 19.4. The van der Waals surface area contributed by atoms with Crippen LogP contribution in [0.1, 0.15) is 48.8 Å². The lowest BCUT2D eigenvalue weighted by molar-refractivity contribution is -0.139. The van der Waals surface area contributed by atoms with Crippen molar-refractivity contribution in [2.24, 2.45) is 5.73 Å². The molecule has 1 atom stereocenters. The molecule has 2 aromatic rings. The zero-order chi connectivity index (χ0) is 26.7. The summed E-state index contributed by atoms with van der Waals surface area (Å²) in [6.45, 7) is 1.62. The van der Waals surface area contributed by atoms with Gasteiger partial charge in [0.15, 0.2) is 5.78 Å². The molecule has 7 nitrogen and oxygen atoms in total. The Kier molecular flexibility index (Phi) is 7.47. The summed E-state index contributed by atoms with van der Waals surface area (Å²) >= 11 is 0. The van der Waals surface area contributed by atoms with E-state index in [1.165, 1.54) is 19.2 Å². The van der Waals surface area contributed by atoms with Gasteiger partial charge in [-0.1, -0.05) is 12.1 Å². The van der Waals surface area contributed by atoms with Gasteiger partial charge < -0.3 is 24.7 Å². The number of methoxy groups -OCH3 is 1. The molecule has 0 amide bonds. The van der Waals surface area contributed by atoms with Crippen LogP contribution in [0.2, 0.25) is 0 Å². The first kappa shape index (κ1) is 26.1. The highest BCUT2D eigenvalue weighted by molar-refractivity contribution is 6.03. The number of hydrogen-bond donors (Lipinski definition) is 1. The molecule has 10 heteroatoms. The topological polar surface area (TPSA) is 97.1 Å². The van der Waals surface area contributed by atoms with Crippen LogP contribution in [0.5, 0.6) is 11.5 Å². The summed E-state index contributed by atoms with van der Waals surface area (Å²) in [5.74, 6) is -0.961. The third-order valence-electron chi connectivity index (χ3n) is 6.17. The maximum Gasteiger partial charge on any atom is 0.416 e. The Morgan fingerprint density at radius 2 is 1.95 bits per heavy atom. The number of esters is 1. The van der Waals surface area contributed by atoms with Crippen molar-refractivity contribution in [3.05, 3.63) is 81.9 Å². The van der Waals surface area contributed by atoms with Crippen molar-refractivity contribution >= 4 is 11.8 Å². The molecular formula is C27H26F3NO6. The number of carbonyl (C=O) groups excluding carboxylic acids is 2. The number of carbonyl (C=O) groups is 2. The SMILES string of the molecule is CCOC(=O)C1=C(N)OC2=C(C(=O)CCC2)C1c1ccc(OC)c(COc2cccc(C(F)(F)F)c2)c1. The minimum atomic E-state index is -4.51. The second kappa shape index (κ2) is 10.6. The van der Waals surface area contributed by atoms with Gasteiger partial charge in [-0.2, -0.15) is 13.2 Å². The predicted octanol–water partition coefficient (Wildman–Crippen LogP) is 5.15. The Labute approximate surface area is 211 Å². The number of alkyl halides is 3. The molecule has 0 saturated carbocycles. The van der Waals surface area contributed by atoms with Gasteiger partial charge in [0.05, 0.1) is 25.2 Å². The fraction of sp³-hybridized carbons (Fsp3) is 0.333. The van der Waals surface area contributed by atoms with Crippen molar-refractivity contribution in [2.45, 2.75) is 44.9 Å². The molecule has 0 saturated heterocycles. The molecule has 0 fully saturated rings. The van der Waals surface area contributed by atoms with E-state index in [-0.39, 0.29) is 36.2 Å². The normalized spacial score (nSPS) is 17.8. The molecule has 2 N–H and O–H groups in total. The molecule has 2 aliphatic rings. The first-order valence-corrected chi connectivity index (χ1v) is 11.7. The molecule has 1 heterocycles. The van der Waals surface area contributed by atoms with E-state index in [0.29, 0.717) is 47.5 Å². The zero-order valence-electron chi connectivity index (χ0n) is 20.3. The van der Waals surface area contributed by atoms with Crippen LogP contribution in [0.25, 0.3) is 0 Å². The van der Waals surface area contributed by atoms with Crippen molar-refractivity contribution in [1.29, 1.82) is 0 Å². The van der Waals surface area contributed by atoms with E-state index in [9.17, 15) is 22.8 Å². The monoisotopic (exact) mass is 517 g/mol. The molecule has 0 spiro atoms. The average molecular weight is 518 g/mol. The fourth-order valence-electron chi connectivity index (χ4n) is 4.51. The lowest BCUT2D eigenvalue weighted by Gasteiger charge is -2.32. The molecule has 0 radical (unpaired) electrons. The smallest absolute Gasteiger partial charge is 0.416 e. The summed E-state index contributed by atoms with van der Waals surface area (Å²) in [7, 11) is 1.45.